The summed E-state index contributed by atoms with van der Waals surface area (Å²) in [6.45, 7) is 6.16. The Bertz CT molecular complexity index is 316. The normalized spacial score (nSPS) is 12.8. The lowest BCUT2D eigenvalue weighted by atomic mass is 10.0. The summed E-state index contributed by atoms with van der Waals surface area (Å²) < 4.78 is 5.76. The van der Waals surface area contributed by atoms with Gasteiger partial charge in [0.15, 0.2) is 0 Å². The van der Waals surface area contributed by atoms with Gasteiger partial charge < -0.3 is 4.74 Å². The van der Waals surface area contributed by atoms with Crippen LogP contribution in [0, 0.1) is 5.92 Å². The van der Waals surface area contributed by atoms with Crippen LogP contribution in [-0.2, 0) is 17.0 Å². The Morgan fingerprint density at radius 2 is 2.28 bits per heavy atom. The number of hydrogen-bond donors (Lipinski definition) is 0. The first kappa shape index (κ1) is 15.9. The third-order valence-corrected chi connectivity index (χ3v) is 4.32. The SMILES string of the molecule is CCCCC(CC)COCCc1nc(CCl)cs1. The van der Waals surface area contributed by atoms with Crippen molar-refractivity contribution in [3.63, 3.8) is 0 Å². The van der Waals surface area contributed by atoms with E-state index in [4.69, 9.17) is 16.3 Å². The van der Waals surface area contributed by atoms with Crippen LogP contribution in [0.25, 0.3) is 0 Å². The summed E-state index contributed by atoms with van der Waals surface area (Å²) >= 11 is 7.40. The van der Waals surface area contributed by atoms with Crippen LogP contribution < -0.4 is 0 Å². The number of hydrogen-bond acceptors (Lipinski definition) is 3. The number of rotatable bonds is 10. The van der Waals surface area contributed by atoms with E-state index in [1.165, 1.54) is 25.7 Å². The molecule has 0 aliphatic heterocycles. The number of unbranched alkanes of at least 4 members (excludes halogenated alkanes) is 1. The lowest BCUT2D eigenvalue weighted by Crippen LogP contribution is -2.10. The molecule has 0 amide bonds. The van der Waals surface area contributed by atoms with Gasteiger partial charge in [-0.05, 0) is 12.3 Å². The lowest BCUT2D eigenvalue weighted by molar-refractivity contribution is 0.0962. The molecule has 2 nitrogen and oxygen atoms in total. The first-order valence-corrected chi connectivity index (χ1v) is 8.28. The molecule has 1 aromatic heterocycles. The molecule has 1 aromatic rings. The van der Waals surface area contributed by atoms with Gasteiger partial charge in [-0.15, -0.1) is 22.9 Å². The van der Waals surface area contributed by atoms with Crippen LogP contribution in [0.15, 0.2) is 5.38 Å². The maximum absolute atomic E-state index is 5.76. The van der Waals surface area contributed by atoms with E-state index in [9.17, 15) is 0 Å². The largest absolute Gasteiger partial charge is 0.381 e. The van der Waals surface area contributed by atoms with Crippen LogP contribution in [0.2, 0.25) is 0 Å². The van der Waals surface area contributed by atoms with E-state index in [0.29, 0.717) is 5.88 Å². The Labute approximate surface area is 120 Å². The fraction of sp³-hybridized carbons (Fsp3) is 0.786. The van der Waals surface area contributed by atoms with Crippen molar-refractivity contribution in [3.05, 3.63) is 16.1 Å². The molecule has 0 saturated heterocycles. The third kappa shape index (κ3) is 6.17. The Morgan fingerprint density at radius 1 is 1.44 bits per heavy atom. The van der Waals surface area contributed by atoms with Crippen LogP contribution in [0.1, 0.15) is 50.2 Å². The molecule has 0 N–H and O–H groups in total. The van der Waals surface area contributed by atoms with Gasteiger partial charge in [-0.2, -0.15) is 0 Å². The van der Waals surface area contributed by atoms with Crippen molar-refractivity contribution < 1.29 is 4.74 Å². The van der Waals surface area contributed by atoms with E-state index in [-0.39, 0.29) is 0 Å². The zero-order valence-corrected chi connectivity index (χ0v) is 13.0. The fourth-order valence-electron chi connectivity index (χ4n) is 1.83. The predicted molar refractivity (Wildman–Crippen MR) is 79.5 cm³/mol. The van der Waals surface area contributed by atoms with Crippen molar-refractivity contribution in [1.29, 1.82) is 0 Å². The van der Waals surface area contributed by atoms with Gasteiger partial charge in [0.25, 0.3) is 0 Å². The van der Waals surface area contributed by atoms with Crippen molar-refractivity contribution in [2.24, 2.45) is 5.92 Å². The van der Waals surface area contributed by atoms with Crippen LogP contribution >= 0.6 is 22.9 Å². The maximum atomic E-state index is 5.76. The minimum atomic E-state index is 0.506. The maximum Gasteiger partial charge on any atom is 0.0951 e. The number of alkyl halides is 1. The zero-order chi connectivity index (χ0) is 13.2. The van der Waals surface area contributed by atoms with Gasteiger partial charge >= 0.3 is 0 Å². The monoisotopic (exact) mass is 289 g/mol. The lowest BCUT2D eigenvalue weighted by Gasteiger charge is -2.14. The summed E-state index contributed by atoms with van der Waals surface area (Å²) in [6, 6.07) is 0. The first-order valence-electron chi connectivity index (χ1n) is 6.87. The van der Waals surface area contributed by atoms with Crippen molar-refractivity contribution >= 4 is 22.9 Å². The Kier molecular flexibility index (Phi) is 8.64. The highest BCUT2D eigenvalue weighted by Gasteiger charge is 2.06. The number of aromatic nitrogens is 1. The van der Waals surface area contributed by atoms with E-state index < -0.39 is 0 Å². The van der Waals surface area contributed by atoms with E-state index in [1.807, 2.05) is 5.38 Å². The van der Waals surface area contributed by atoms with E-state index >= 15 is 0 Å². The van der Waals surface area contributed by atoms with Crippen LogP contribution in [-0.4, -0.2) is 18.2 Å². The Morgan fingerprint density at radius 3 is 2.89 bits per heavy atom. The summed E-state index contributed by atoms with van der Waals surface area (Å²) in [5.74, 6) is 1.23. The number of thiazole rings is 1. The average Bonchev–Trinajstić information content (AvgIpc) is 2.86. The number of ether oxygens (including phenoxy) is 1. The second-order valence-corrected chi connectivity index (χ2v) is 5.82. The highest BCUT2D eigenvalue weighted by molar-refractivity contribution is 7.09. The van der Waals surface area contributed by atoms with Crippen molar-refractivity contribution in [1.82, 2.24) is 4.98 Å². The van der Waals surface area contributed by atoms with Crippen molar-refractivity contribution in [2.45, 2.75) is 51.8 Å². The van der Waals surface area contributed by atoms with Gasteiger partial charge in [0.2, 0.25) is 0 Å². The Balaban J connectivity index is 2.13. The molecule has 104 valence electrons. The van der Waals surface area contributed by atoms with Crippen molar-refractivity contribution in [3.8, 4) is 0 Å². The first-order chi connectivity index (χ1) is 8.80. The molecule has 1 atom stereocenters. The molecular formula is C14H24ClNOS. The van der Waals surface area contributed by atoms with E-state index in [2.05, 4.69) is 18.8 Å². The summed E-state index contributed by atoms with van der Waals surface area (Å²) in [5.41, 5.74) is 0.978. The fourth-order valence-corrected chi connectivity index (χ4v) is 2.84. The average molecular weight is 290 g/mol. The molecule has 0 aliphatic carbocycles. The minimum Gasteiger partial charge on any atom is -0.381 e. The van der Waals surface area contributed by atoms with Gasteiger partial charge in [0.05, 0.1) is 23.2 Å². The molecule has 0 aromatic carbocycles. The van der Waals surface area contributed by atoms with Gasteiger partial charge in [-0.3, -0.25) is 0 Å². The highest BCUT2D eigenvalue weighted by atomic mass is 35.5. The van der Waals surface area contributed by atoms with Crippen LogP contribution in [0.3, 0.4) is 0 Å². The molecule has 18 heavy (non-hydrogen) atoms. The molecule has 0 spiro atoms. The molecule has 0 fully saturated rings. The second-order valence-electron chi connectivity index (χ2n) is 4.61. The molecule has 1 unspecified atom stereocenters. The summed E-state index contributed by atoms with van der Waals surface area (Å²) in [4.78, 5) is 4.42. The van der Waals surface area contributed by atoms with Gasteiger partial charge in [0.1, 0.15) is 0 Å². The topological polar surface area (TPSA) is 22.1 Å². The second kappa shape index (κ2) is 9.76. The third-order valence-electron chi connectivity index (χ3n) is 3.09. The smallest absolute Gasteiger partial charge is 0.0951 e. The number of halogens is 1. The standard InChI is InChI=1S/C14H24ClNOS/c1-3-5-6-12(4-2)10-17-8-7-14-16-13(9-15)11-18-14/h11-12H,3-10H2,1-2H3. The zero-order valence-electron chi connectivity index (χ0n) is 11.5. The number of nitrogens with zero attached hydrogens (tertiary/aromatic N) is 1. The Hall–Kier alpha value is -0.120. The van der Waals surface area contributed by atoms with Gasteiger partial charge in [0, 0.05) is 18.4 Å². The molecule has 0 aliphatic rings. The van der Waals surface area contributed by atoms with Crippen molar-refractivity contribution in [2.75, 3.05) is 13.2 Å². The molecule has 1 rings (SSSR count). The quantitative estimate of drug-likeness (QED) is 0.462. The van der Waals surface area contributed by atoms with Gasteiger partial charge in [-0.1, -0.05) is 33.1 Å². The van der Waals surface area contributed by atoms with Crippen LogP contribution in [0.4, 0.5) is 0 Å². The minimum absolute atomic E-state index is 0.506. The molecular weight excluding hydrogens is 266 g/mol. The summed E-state index contributed by atoms with van der Waals surface area (Å²) in [5, 5.41) is 3.16. The van der Waals surface area contributed by atoms with Gasteiger partial charge in [-0.25, -0.2) is 4.98 Å². The molecule has 0 saturated carbocycles. The highest BCUT2D eigenvalue weighted by Crippen LogP contribution is 2.14. The van der Waals surface area contributed by atoms with E-state index in [0.717, 1.165) is 36.3 Å². The van der Waals surface area contributed by atoms with Crippen LogP contribution in [0.5, 0.6) is 0 Å². The van der Waals surface area contributed by atoms with E-state index in [1.54, 1.807) is 11.3 Å². The molecule has 0 radical (unpaired) electrons. The summed E-state index contributed by atoms with van der Waals surface area (Å²) in [7, 11) is 0. The predicted octanol–water partition coefficient (Wildman–Crippen LogP) is 4.66. The molecule has 4 heteroatoms. The molecule has 0 bridgehead atoms. The summed E-state index contributed by atoms with van der Waals surface area (Å²) in [6.07, 6.45) is 6.00. The molecule has 1 heterocycles.